The number of benzene rings is 2. The van der Waals surface area contributed by atoms with Crippen molar-refractivity contribution in [1.29, 1.82) is 0 Å². The van der Waals surface area contributed by atoms with Crippen molar-refractivity contribution in [2.75, 3.05) is 6.54 Å². The number of nitrogens with two attached hydrogens (primary N) is 1. The lowest BCUT2D eigenvalue weighted by atomic mass is 10.1. The second-order valence-electron chi connectivity index (χ2n) is 4.74. The van der Waals surface area contributed by atoms with Crippen molar-refractivity contribution >= 4 is 21.8 Å². The number of hydrogen-bond donors (Lipinski definition) is 2. The van der Waals surface area contributed by atoms with E-state index in [4.69, 9.17) is 5.73 Å². The molecule has 0 saturated carbocycles. The van der Waals surface area contributed by atoms with Crippen molar-refractivity contribution < 1.29 is 4.79 Å². The number of carbonyl (C=O) groups is 1. The number of rotatable bonds is 4. The molecule has 0 bridgehead atoms. The van der Waals surface area contributed by atoms with Crippen LogP contribution < -0.4 is 11.1 Å². The third-order valence-corrected chi connectivity index (χ3v) is 3.47. The Kier molecular flexibility index (Phi) is 4.93. The summed E-state index contributed by atoms with van der Waals surface area (Å²) in [5.41, 5.74) is 8.74. The van der Waals surface area contributed by atoms with Gasteiger partial charge in [-0.1, -0.05) is 46.3 Å². The Balaban J connectivity index is 1.98. The molecule has 0 fully saturated rings. The lowest BCUT2D eigenvalue weighted by molar-refractivity contribution is 0.0951. The molecule has 0 aliphatic heterocycles. The molecule has 1 amide bonds. The third-order valence-electron chi connectivity index (χ3n) is 3.01. The summed E-state index contributed by atoms with van der Waals surface area (Å²) in [6.07, 6.45) is 0. The van der Waals surface area contributed by atoms with Gasteiger partial charge in [-0.2, -0.15) is 0 Å². The second kappa shape index (κ2) is 6.68. The van der Waals surface area contributed by atoms with Crippen LogP contribution in [0.3, 0.4) is 0 Å². The van der Waals surface area contributed by atoms with E-state index in [-0.39, 0.29) is 11.9 Å². The molecule has 1 atom stereocenters. The van der Waals surface area contributed by atoms with Gasteiger partial charge in [0.05, 0.1) is 0 Å². The molecule has 0 aliphatic rings. The molecule has 2 aromatic rings. The molecule has 1 unspecified atom stereocenters. The number of carbonyl (C=O) groups excluding carboxylic acids is 1. The molecule has 0 aliphatic carbocycles. The number of hydrogen-bond acceptors (Lipinski definition) is 2. The molecular weight excluding hydrogens is 316 g/mol. The van der Waals surface area contributed by atoms with E-state index in [0.717, 1.165) is 15.6 Å². The van der Waals surface area contributed by atoms with Gasteiger partial charge in [0.15, 0.2) is 0 Å². The van der Waals surface area contributed by atoms with Gasteiger partial charge in [-0.15, -0.1) is 0 Å². The van der Waals surface area contributed by atoms with Crippen molar-refractivity contribution in [3.05, 3.63) is 69.7 Å². The highest BCUT2D eigenvalue weighted by atomic mass is 79.9. The average Bonchev–Trinajstić information content (AvgIpc) is 2.44. The van der Waals surface area contributed by atoms with Gasteiger partial charge in [0.1, 0.15) is 0 Å². The van der Waals surface area contributed by atoms with E-state index in [0.29, 0.717) is 12.1 Å². The van der Waals surface area contributed by atoms with Crippen LogP contribution in [-0.4, -0.2) is 12.5 Å². The molecule has 0 radical (unpaired) electrons. The zero-order valence-corrected chi connectivity index (χ0v) is 12.9. The van der Waals surface area contributed by atoms with Gasteiger partial charge in [-0.05, 0) is 36.2 Å². The van der Waals surface area contributed by atoms with Crippen LogP contribution in [0.4, 0.5) is 0 Å². The first-order chi connectivity index (χ1) is 9.56. The predicted molar refractivity (Wildman–Crippen MR) is 84.6 cm³/mol. The highest BCUT2D eigenvalue weighted by Crippen LogP contribution is 2.15. The lowest BCUT2D eigenvalue weighted by Gasteiger charge is -2.13. The summed E-state index contributed by atoms with van der Waals surface area (Å²) in [6, 6.07) is 15.2. The van der Waals surface area contributed by atoms with Gasteiger partial charge < -0.3 is 11.1 Å². The average molecular weight is 333 g/mol. The molecule has 0 heterocycles. The Morgan fingerprint density at radius 3 is 2.60 bits per heavy atom. The molecule has 4 heteroatoms. The van der Waals surface area contributed by atoms with E-state index in [2.05, 4.69) is 21.2 Å². The monoisotopic (exact) mass is 332 g/mol. The highest BCUT2D eigenvalue weighted by Gasteiger charge is 2.10. The van der Waals surface area contributed by atoms with E-state index in [1.807, 2.05) is 49.4 Å². The summed E-state index contributed by atoms with van der Waals surface area (Å²) >= 11 is 3.39. The van der Waals surface area contributed by atoms with E-state index in [1.165, 1.54) is 0 Å². The normalized spacial score (nSPS) is 11.9. The van der Waals surface area contributed by atoms with Crippen molar-refractivity contribution in [3.8, 4) is 0 Å². The number of amides is 1. The molecule has 0 spiro atoms. The molecular formula is C16H17BrN2O. The van der Waals surface area contributed by atoms with E-state index >= 15 is 0 Å². The van der Waals surface area contributed by atoms with Crippen LogP contribution in [0.15, 0.2) is 53.0 Å². The molecule has 3 N–H and O–H groups in total. The Labute approximate surface area is 127 Å². The molecule has 0 aromatic heterocycles. The highest BCUT2D eigenvalue weighted by molar-refractivity contribution is 9.10. The van der Waals surface area contributed by atoms with E-state index < -0.39 is 0 Å². The Bertz CT molecular complexity index is 578. The summed E-state index contributed by atoms with van der Waals surface area (Å²) in [4.78, 5) is 12.1. The van der Waals surface area contributed by atoms with E-state index in [1.54, 1.807) is 6.07 Å². The number of nitrogens with one attached hydrogen (secondary N) is 1. The summed E-state index contributed by atoms with van der Waals surface area (Å²) in [7, 11) is 0. The van der Waals surface area contributed by atoms with Crippen molar-refractivity contribution in [2.24, 2.45) is 5.73 Å². The molecule has 2 aromatic carbocycles. The van der Waals surface area contributed by atoms with Gasteiger partial charge in [-0.25, -0.2) is 0 Å². The summed E-state index contributed by atoms with van der Waals surface area (Å²) in [5.74, 6) is -0.110. The van der Waals surface area contributed by atoms with Crippen LogP contribution in [0.2, 0.25) is 0 Å². The van der Waals surface area contributed by atoms with Crippen molar-refractivity contribution in [2.45, 2.75) is 13.0 Å². The molecule has 104 valence electrons. The van der Waals surface area contributed by atoms with Crippen LogP contribution >= 0.6 is 15.9 Å². The predicted octanol–water partition coefficient (Wildman–Crippen LogP) is 3.19. The van der Waals surface area contributed by atoms with Crippen molar-refractivity contribution in [1.82, 2.24) is 5.32 Å². The zero-order chi connectivity index (χ0) is 14.5. The SMILES string of the molecule is Cc1cc(Br)cc(C(=O)NCC(N)c2ccccc2)c1. The van der Waals surface area contributed by atoms with Gasteiger partial charge in [-0.3, -0.25) is 4.79 Å². The van der Waals surface area contributed by atoms with Crippen LogP contribution in [0.5, 0.6) is 0 Å². The van der Waals surface area contributed by atoms with Crippen LogP contribution in [0.25, 0.3) is 0 Å². The number of aryl methyl sites for hydroxylation is 1. The maximum Gasteiger partial charge on any atom is 0.251 e. The molecule has 0 saturated heterocycles. The Hall–Kier alpha value is -1.65. The maximum absolute atomic E-state index is 12.1. The van der Waals surface area contributed by atoms with Crippen LogP contribution in [0.1, 0.15) is 27.5 Å². The first kappa shape index (κ1) is 14.8. The Morgan fingerprint density at radius 1 is 1.25 bits per heavy atom. The minimum Gasteiger partial charge on any atom is -0.350 e. The fraction of sp³-hybridized carbons (Fsp3) is 0.188. The standard InChI is InChI=1S/C16H17BrN2O/c1-11-7-13(9-14(17)8-11)16(20)19-10-15(18)12-5-3-2-4-6-12/h2-9,15H,10,18H2,1H3,(H,19,20). The minimum absolute atomic E-state index is 0.110. The summed E-state index contributed by atoms with van der Waals surface area (Å²) < 4.78 is 0.898. The molecule has 2 rings (SSSR count). The summed E-state index contributed by atoms with van der Waals surface area (Å²) in [6.45, 7) is 2.37. The van der Waals surface area contributed by atoms with Gasteiger partial charge in [0, 0.05) is 22.6 Å². The molecule has 20 heavy (non-hydrogen) atoms. The quantitative estimate of drug-likeness (QED) is 0.903. The third kappa shape index (κ3) is 3.92. The summed E-state index contributed by atoms with van der Waals surface area (Å²) in [5, 5.41) is 2.87. The van der Waals surface area contributed by atoms with Crippen LogP contribution in [0, 0.1) is 6.92 Å². The minimum atomic E-state index is -0.201. The van der Waals surface area contributed by atoms with Crippen molar-refractivity contribution in [3.63, 3.8) is 0 Å². The van der Waals surface area contributed by atoms with Gasteiger partial charge >= 0.3 is 0 Å². The fourth-order valence-corrected chi connectivity index (χ4v) is 2.60. The zero-order valence-electron chi connectivity index (χ0n) is 11.3. The first-order valence-corrected chi connectivity index (χ1v) is 7.21. The topological polar surface area (TPSA) is 55.1 Å². The van der Waals surface area contributed by atoms with Crippen LogP contribution in [-0.2, 0) is 0 Å². The van der Waals surface area contributed by atoms with E-state index in [9.17, 15) is 4.79 Å². The first-order valence-electron chi connectivity index (χ1n) is 6.42. The Morgan fingerprint density at radius 2 is 1.95 bits per heavy atom. The van der Waals surface area contributed by atoms with Gasteiger partial charge in [0.25, 0.3) is 5.91 Å². The van der Waals surface area contributed by atoms with Gasteiger partial charge in [0.2, 0.25) is 0 Å². The maximum atomic E-state index is 12.1. The number of halogens is 1. The fourth-order valence-electron chi connectivity index (χ4n) is 1.99. The molecule has 3 nitrogen and oxygen atoms in total. The largest absolute Gasteiger partial charge is 0.350 e. The smallest absolute Gasteiger partial charge is 0.251 e. The second-order valence-corrected chi connectivity index (χ2v) is 5.66. The lowest BCUT2D eigenvalue weighted by Crippen LogP contribution is -2.31.